The average Bonchev–Trinajstić information content (AvgIpc) is 2.27. The number of halogens is 1. The maximum absolute atomic E-state index is 13.3. The monoisotopic (exact) mass is 276 g/mol. The van der Waals surface area contributed by atoms with E-state index in [1.165, 1.54) is 6.20 Å². The third kappa shape index (κ3) is 4.38. The van der Waals surface area contributed by atoms with E-state index in [9.17, 15) is 17.6 Å². The molecular weight excluding hydrogens is 263 g/mol. The number of nitrogens with one attached hydrogen (secondary N) is 1. The van der Waals surface area contributed by atoms with Crippen molar-refractivity contribution in [3.63, 3.8) is 0 Å². The third-order valence-electron chi connectivity index (χ3n) is 2.16. The summed E-state index contributed by atoms with van der Waals surface area (Å²) in [4.78, 5) is 15.3. The lowest BCUT2D eigenvalue weighted by atomic mass is 10.2. The van der Waals surface area contributed by atoms with Gasteiger partial charge in [-0.2, -0.15) is 8.42 Å². The standard InChI is InChI=1S/C10H13FN2O4S/c1-2-9-8(11)5-7(6-13-9)10(14)12-3-4-18(15,16)17/h5-6H,2-4H2,1H3,(H,12,14)(H,15,16,17). The fraction of sp³-hybridized carbons (Fsp3) is 0.400. The predicted octanol–water partition coefficient (Wildman–Crippen LogP) is 0.401. The molecule has 0 aliphatic heterocycles. The summed E-state index contributed by atoms with van der Waals surface area (Å²) in [5, 5.41) is 2.24. The Balaban J connectivity index is 2.65. The molecule has 0 spiro atoms. The lowest BCUT2D eigenvalue weighted by molar-refractivity contribution is 0.0955. The van der Waals surface area contributed by atoms with E-state index in [0.29, 0.717) is 6.42 Å². The molecule has 0 radical (unpaired) electrons. The second-order valence-corrected chi connectivity index (χ2v) is 5.12. The first-order chi connectivity index (χ1) is 8.33. The summed E-state index contributed by atoms with van der Waals surface area (Å²) in [6, 6.07) is 1.04. The van der Waals surface area contributed by atoms with Gasteiger partial charge in [0.15, 0.2) is 0 Å². The van der Waals surface area contributed by atoms with Crippen LogP contribution in [0.1, 0.15) is 23.0 Å². The summed E-state index contributed by atoms with van der Waals surface area (Å²) < 4.78 is 42.6. The van der Waals surface area contributed by atoms with Crippen molar-refractivity contribution in [2.45, 2.75) is 13.3 Å². The molecule has 0 saturated carbocycles. The van der Waals surface area contributed by atoms with Gasteiger partial charge >= 0.3 is 0 Å². The number of amides is 1. The third-order valence-corrected chi connectivity index (χ3v) is 2.88. The maximum atomic E-state index is 13.3. The first-order valence-corrected chi connectivity index (χ1v) is 6.82. The predicted molar refractivity (Wildman–Crippen MR) is 62.3 cm³/mol. The Hall–Kier alpha value is -1.54. The molecule has 0 saturated heterocycles. The Morgan fingerprint density at radius 2 is 2.22 bits per heavy atom. The summed E-state index contributed by atoms with van der Waals surface area (Å²) in [5.41, 5.74) is 0.254. The molecule has 0 atom stereocenters. The number of pyridine rings is 1. The van der Waals surface area contributed by atoms with Crippen LogP contribution in [0.4, 0.5) is 4.39 Å². The SMILES string of the molecule is CCc1ncc(C(=O)NCCS(=O)(=O)O)cc1F. The van der Waals surface area contributed by atoms with Gasteiger partial charge in [-0.3, -0.25) is 14.3 Å². The van der Waals surface area contributed by atoms with Crippen LogP contribution in [0.15, 0.2) is 12.3 Å². The van der Waals surface area contributed by atoms with Crippen LogP contribution in [0, 0.1) is 5.82 Å². The molecule has 0 aliphatic rings. The molecule has 18 heavy (non-hydrogen) atoms. The molecule has 1 heterocycles. The lowest BCUT2D eigenvalue weighted by Gasteiger charge is -2.05. The van der Waals surface area contributed by atoms with Crippen LogP contribution < -0.4 is 5.32 Å². The van der Waals surface area contributed by atoms with Gasteiger partial charge in [0, 0.05) is 12.7 Å². The zero-order chi connectivity index (χ0) is 13.8. The average molecular weight is 276 g/mol. The van der Waals surface area contributed by atoms with E-state index < -0.39 is 27.6 Å². The van der Waals surface area contributed by atoms with Crippen LogP contribution in [0.5, 0.6) is 0 Å². The Kier molecular flexibility index (Phi) is 4.74. The first kappa shape index (κ1) is 14.5. The van der Waals surface area contributed by atoms with Crippen molar-refractivity contribution in [1.82, 2.24) is 10.3 Å². The van der Waals surface area contributed by atoms with Crippen molar-refractivity contribution in [2.75, 3.05) is 12.3 Å². The number of rotatable bonds is 5. The summed E-state index contributed by atoms with van der Waals surface area (Å²) >= 11 is 0. The number of hydrogen-bond acceptors (Lipinski definition) is 4. The van der Waals surface area contributed by atoms with Crippen LogP contribution in [-0.4, -0.2) is 36.2 Å². The quantitative estimate of drug-likeness (QED) is 0.759. The van der Waals surface area contributed by atoms with E-state index in [4.69, 9.17) is 4.55 Å². The number of carbonyl (C=O) groups excluding carboxylic acids is 1. The fourth-order valence-corrected chi connectivity index (χ4v) is 1.61. The zero-order valence-electron chi connectivity index (χ0n) is 9.68. The topological polar surface area (TPSA) is 96.4 Å². The van der Waals surface area contributed by atoms with Gasteiger partial charge in [0.2, 0.25) is 0 Å². The molecule has 0 fully saturated rings. The van der Waals surface area contributed by atoms with Crippen LogP contribution in [0.25, 0.3) is 0 Å². The molecule has 1 aromatic rings. The van der Waals surface area contributed by atoms with Crippen molar-refractivity contribution in [3.05, 3.63) is 29.3 Å². The zero-order valence-corrected chi connectivity index (χ0v) is 10.5. The molecule has 1 aromatic heterocycles. The molecule has 1 rings (SSSR count). The smallest absolute Gasteiger partial charge is 0.266 e. The van der Waals surface area contributed by atoms with E-state index in [2.05, 4.69) is 10.3 Å². The Morgan fingerprint density at radius 1 is 1.56 bits per heavy atom. The molecule has 100 valence electrons. The number of carbonyl (C=O) groups is 1. The molecule has 0 aromatic carbocycles. The number of nitrogens with zero attached hydrogens (tertiary/aromatic N) is 1. The minimum Gasteiger partial charge on any atom is -0.351 e. The van der Waals surface area contributed by atoms with Crippen molar-refractivity contribution in [1.29, 1.82) is 0 Å². The fourth-order valence-electron chi connectivity index (χ4n) is 1.25. The van der Waals surface area contributed by atoms with Crippen molar-refractivity contribution < 1.29 is 22.2 Å². The van der Waals surface area contributed by atoms with Crippen molar-refractivity contribution in [3.8, 4) is 0 Å². The minimum absolute atomic E-state index is 0.0000350. The highest BCUT2D eigenvalue weighted by Gasteiger charge is 2.11. The number of hydrogen-bond donors (Lipinski definition) is 2. The molecule has 0 bridgehead atoms. The highest BCUT2D eigenvalue weighted by atomic mass is 32.2. The number of aryl methyl sites for hydroxylation is 1. The second-order valence-electron chi connectivity index (χ2n) is 3.55. The van der Waals surface area contributed by atoms with Gasteiger partial charge in [-0.1, -0.05) is 6.92 Å². The van der Waals surface area contributed by atoms with Crippen molar-refractivity contribution >= 4 is 16.0 Å². The van der Waals surface area contributed by atoms with Crippen LogP contribution >= 0.6 is 0 Å². The first-order valence-electron chi connectivity index (χ1n) is 5.21. The van der Waals surface area contributed by atoms with Crippen LogP contribution in [0.3, 0.4) is 0 Å². The summed E-state index contributed by atoms with van der Waals surface area (Å²) in [7, 11) is -4.13. The molecule has 0 unspecified atom stereocenters. The second kappa shape index (κ2) is 5.87. The van der Waals surface area contributed by atoms with E-state index in [-0.39, 0.29) is 17.8 Å². The molecule has 6 nitrogen and oxygen atoms in total. The van der Waals surface area contributed by atoms with E-state index >= 15 is 0 Å². The Morgan fingerprint density at radius 3 is 2.72 bits per heavy atom. The van der Waals surface area contributed by atoms with E-state index in [1.807, 2.05) is 0 Å². The van der Waals surface area contributed by atoms with Gasteiger partial charge in [-0.05, 0) is 12.5 Å². The minimum atomic E-state index is -4.13. The van der Waals surface area contributed by atoms with Crippen molar-refractivity contribution in [2.24, 2.45) is 0 Å². The highest BCUT2D eigenvalue weighted by molar-refractivity contribution is 7.85. The van der Waals surface area contributed by atoms with Crippen LogP contribution in [-0.2, 0) is 16.5 Å². The van der Waals surface area contributed by atoms with Gasteiger partial charge in [0.05, 0.1) is 17.0 Å². The normalized spacial score (nSPS) is 11.3. The van der Waals surface area contributed by atoms with Crippen LogP contribution in [0.2, 0.25) is 0 Å². The molecule has 8 heteroatoms. The Labute approximate surface area is 104 Å². The number of aromatic nitrogens is 1. The largest absolute Gasteiger partial charge is 0.351 e. The molecule has 0 aliphatic carbocycles. The Bertz CT molecular complexity index is 545. The highest BCUT2D eigenvalue weighted by Crippen LogP contribution is 2.07. The van der Waals surface area contributed by atoms with Gasteiger partial charge in [0.25, 0.3) is 16.0 Å². The summed E-state index contributed by atoms with van der Waals surface area (Å²) in [5.74, 6) is -1.82. The summed E-state index contributed by atoms with van der Waals surface area (Å²) in [6.07, 6.45) is 1.63. The van der Waals surface area contributed by atoms with Gasteiger partial charge in [0.1, 0.15) is 5.82 Å². The molecule has 2 N–H and O–H groups in total. The van der Waals surface area contributed by atoms with Gasteiger partial charge in [-0.25, -0.2) is 4.39 Å². The maximum Gasteiger partial charge on any atom is 0.266 e. The van der Waals surface area contributed by atoms with Gasteiger partial charge in [-0.15, -0.1) is 0 Å². The molecular formula is C10H13FN2O4S. The van der Waals surface area contributed by atoms with Gasteiger partial charge < -0.3 is 5.32 Å². The van der Waals surface area contributed by atoms with E-state index in [0.717, 1.165) is 6.07 Å². The molecule has 1 amide bonds. The van der Waals surface area contributed by atoms with E-state index in [1.54, 1.807) is 6.92 Å². The lowest BCUT2D eigenvalue weighted by Crippen LogP contribution is -2.29. The summed E-state index contributed by atoms with van der Waals surface area (Å²) in [6.45, 7) is 1.48.